The predicted octanol–water partition coefficient (Wildman–Crippen LogP) is 16.5. The van der Waals surface area contributed by atoms with Crippen LogP contribution in [0, 0.1) is 0 Å². The fourth-order valence-corrected chi connectivity index (χ4v) is 12.8. The number of aromatic nitrogens is 1. The number of hydrogen-bond donors (Lipinski definition) is 1. The fraction of sp³-hybridized carbons (Fsp3) is 0.194. The van der Waals surface area contributed by atoms with Crippen molar-refractivity contribution in [3.05, 3.63) is 162 Å². The Morgan fingerprint density at radius 2 is 1.32 bits per heavy atom. The number of nitrogens with zero attached hydrogens (tertiary/aromatic N) is 1. The van der Waals surface area contributed by atoms with Crippen molar-refractivity contribution in [3.8, 4) is 28.1 Å². The molecular formula is C62H50BN2O2S. The zero-order valence-corrected chi connectivity index (χ0v) is 40.3. The van der Waals surface area contributed by atoms with Gasteiger partial charge in [0, 0.05) is 81.2 Å². The highest BCUT2D eigenvalue weighted by atomic mass is 32.1. The molecule has 5 heterocycles. The highest BCUT2D eigenvalue weighted by Gasteiger charge is 2.38. The smallest absolute Gasteiger partial charge is 0.198 e. The van der Waals surface area contributed by atoms with Crippen LogP contribution in [0.5, 0.6) is 0 Å². The lowest BCUT2D eigenvalue weighted by Crippen LogP contribution is -2.37. The Balaban J connectivity index is 1.05. The third-order valence-electron chi connectivity index (χ3n) is 15.6. The third-order valence-corrected chi connectivity index (χ3v) is 16.8. The summed E-state index contributed by atoms with van der Waals surface area (Å²) in [5, 5.41) is 12.4. The van der Waals surface area contributed by atoms with Crippen LogP contribution in [0.15, 0.2) is 154 Å². The van der Waals surface area contributed by atoms with Crippen molar-refractivity contribution >= 4 is 116 Å². The van der Waals surface area contributed by atoms with E-state index in [1.165, 1.54) is 69.5 Å². The molecule has 8 aromatic carbocycles. The standard InChI is InChI=1S/C62H50BN2O2S/c1-60(2,3)36-17-19-37(20-18-36)64-49-33-55-43(44-28-46-47(31-54(44)67-55)62(6,7)24-23-61(46,4)5)27-41(49)39-21-22-40-42-30-57-45(38-15-11-12-16-56(38)68-57)29-50(42)65-51-25-35-26-52(34-13-9-8-10-14-34)66-53(35)32-48(51)63-58(39)59(40)65/h8-22,25-33,64H,23-24H2,1-7H3. The van der Waals surface area contributed by atoms with Gasteiger partial charge in [-0.15, -0.1) is 11.3 Å². The highest BCUT2D eigenvalue weighted by molar-refractivity contribution is 7.25. The molecule has 2 aliphatic rings. The number of hydrogen-bond acceptors (Lipinski definition) is 4. The SMILES string of the molecule is CC(C)(C)c1ccc(Nc2cc3oc4cc5c(cc4c3cc2-c2ccc3c4cc6sc7ccccc7c6cc4n4c3c2[B]c2cc3oc(-c6ccccc6)cc3cc2-4)C(C)(C)CCC5(C)C)cc1. The van der Waals surface area contributed by atoms with Crippen molar-refractivity contribution in [1.29, 1.82) is 0 Å². The van der Waals surface area contributed by atoms with Crippen molar-refractivity contribution in [3.63, 3.8) is 0 Å². The van der Waals surface area contributed by atoms with Crippen molar-refractivity contribution in [2.75, 3.05) is 5.32 Å². The Bertz CT molecular complexity index is 4120. The van der Waals surface area contributed by atoms with Crippen LogP contribution in [0.3, 0.4) is 0 Å². The zero-order valence-electron chi connectivity index (χ0n) is 39.5. The average Bonchev–Trinajstić information content (AvgIpc) is 4.09. The van der Waals surface area contributed by atoms with E-state index in [2.05, 4.69) is 211 Å². The molecule has 0 bridgehead atoms. The van der Waals surface area contributed by atoms with Crippen LogP contribution in [0.2, 0.25) is 0 Å². The second-order valence-electron chi connectivity index (χ2n) is 21.9. The van der Waals surface area contributed by atoms with E-state index in [4.69, 9.17) is 8.83 Å². The van der Waals surface area contributed by atoms with E-state index < -0.39 is 0 Å². The van der Waals surface area contributed by atoms with Crippen LogP contribution < -0.4 is 16.2 Å². The summed E-state index contributed by atoms with van der Waals surface area (Å²) in [4.78, 5) is 0. The summed E-state index contributed by atoms with van der Waals surface area (Å²) in [7, 11) is 2.41. The molecule has 4 nitrogen and oxygen atoms in total. The quantitative estimate of drug-likeness (QED) is 0.179. The van der Waals surface area contributed by atoms with Gasteiger partial charge in [-0.1, -0.05) is 127 Å². The van der Waals surface area contributed by atoms with Crippen molar-refractivity contribution in [2.24, 2.45) is 0 Å². The largest absolute Gasteiger partial charge is 0.456 e. The number of benzene rings is 8. The second-order valence-corrected chi connectivity index (χ2v) is 23.0. The molecule has 0 saturated carbocycles. The molecule has 14 rings (SSSR count). The molecular weight excluding hydrogens is 848 g/mol. The summed E-state index contributed by atoms with van der Waals surface area (Å²) in [6, 6.07) is 54.0. The lowest BCUT2D eigenvalue weighted by atomic mass is 9.59. The lowest BCUT2D eigenvalue weighted by Gasteiger charge is -2.41. The minimum atomic E-state index is 0.0500. The highest BCUT2D eigenvalue weighted by Crippen LogP contribution is 2.50. The van der Waals surface area contributed by atoms with Crippen LogP contribution in [-0.4, -0.2) is 11.8 Å². The summed E-state index contributed by atoms with van der Waals surface area (Å²) in [6.45, 7) is 16.4. The maximum Gasteiger partial charge on any atom is 0.198 e. The summed E-state index contributed by atoms with van der Waals surface area (Å²) >= 11 is 1.88. The topological polar surface area (TPSA) is 43.2 Å². The number of rotatable bonds is 4. The molecule has 6 heteroatoms. The second kappa shape index (κ2) is 13.8. The first-order valence-electron chi connectivity index (χ1n) is 24.1. The number of furan rings is 2. The van der Waals surface area contributed by atoms with Gasteiger partial charge in [-0.25, -0.2) is 0 Å². The van der Waals surface area contributed by atoms with E-state index >= 15 is 0 Å². The molecule has 4 aromatic heterocycles. The molecule has 0 unspecified atom stereocenters. The molecule has 68 heavy (non-hydrogen) atoms. The normalized spacial score (nSPS) is 15.2. The van der Waals surface area contributed by atoms with Crippen LogP contribution in [-0.2, 0) is 16.2 Å². The molecule has 0 amide bonds. The molecule has 1 N–H and O–H groups in total. The van der Waals surface area contributed by atoms with Crippen molar-refractivity contribution in [1.82, 2.24) is 4.57 Å². The van der Waals surface area contributed by atoms with Gasteiger partial charge in [-0.2, -0.15) is 0 Å². The van der Waals surface area contributed by atoms with Gasteiger partial charge in [0.1, 0.15) is 22.5 Å². The van der Waals surface area contributed by atoms with Crippen LogP contribution in [0.25, 0.3) is 103 Å². The number of thiophene rings is 1. The molecule has 0 atom stereocenters. The van der Waals surface area contributed by atoms with Gasteiger partial charge in [-0.3, -0.25) is 0 Å². The summed E-state index contributed by atoms with van der Waals surface area (Å²) in [5.74, 6) is 0.871. The van der Waals surface area contributed by atoms with E-state index in [9.17, 15) is 0 Å². The Kier molecular flexibility index (Phi) is 8.13. The molecule has 1 aliphatic heterocycles. The number of anilines is 2. The van der Waals surface area contributed by atoms with Gasteiger partial charge in [0.25, 0.3) is 0 Å². The molecule has 0 spiro atoms. The van der Waals surface area contributed by atoms with E-state index in [1.54, 1.807) is 0 Å². The average molecular weight is 898 g/mol. The van der Waals surface area contributed by atoms with E-state index in [1.807, 2.05) is 11.3 Å². The number of nitrogens with one attached hydrogen (secondary N) is 1. The first-order chi connectivity index (χ1) is 32.8. The molecule has 329 valence electrons. The Hall–Kier alpha value is -7.02. The first-order valence-corrected chi connectivity index (χ1v) is 24.9. The maximum atomic E-state index is 6.93. The van der Waals surface area contributed by atoms with E-state index in [0.29, 0.717) is 0 Å². The minimum absolute atomic E-state index is 0.0500. The Morgan fingerprint density at radius 1 is 0.588 bits per heavy atom. The first kappa shape index (κ1) is 40.1. The minimum Gasteiger partial charge on any atom is -0.456 e. The van der Waals surface area contributed by atoms with Gasteiger partial charge in [0.2, 0.25) is 0 Å². The summed E-state index contributed by atoms with van der Waals surface area (Å²) in [6.07, 6.45) is 2.31. The van der Waals surface area contributed by atoms with Gasteiger partial charge >= 0.3 is 0 Å². The Labute approximate surface area is 400 Å². The summed E-state index contributed by atoms with van der Waals surface area (Å²) < 4.78 is 18.8. The van der Waals surface area contributed by atoms with Crippen LogP contribution >= 0.6 is 11.3 Å². The lowest BCUT2D eigenvalue weighted by molar-refractivity contribution is 0.332. The van der Waals surface area contributed by atoms with E-state index in [0.717, 1.165) is 85.3 Å². The van der Waals surface area contributed by atoms with Gasteiger partial charge in [0.15, 0.2) is 7.28 Å². The molecule has 0 saturated heterocycles. The van der Waals surface area contributed by atoms with E-state index in [-0.39, 0.29) is 16.2 Å². The van der Waals surface area contributed by atoms with Crippen molar-refractivity contribution in [2.45, 2.75) is 77.6 Å². The van der Waals surface area contributed by atoms with Crippen LogP contribution in [0.1, 0.15) is 78.0 Å². The maximum absolute atomic E-state index is 6.93. The Morgan fingerprint density at radius 3 is 2.12 bits per heavy atom. The third kappa shape index (κ3) is 5.86. The van der Waals surface area contributed by atoms with Gasteiger partial charge < -0.3 is 18.7 Å². The van der Waals surface area contributed by atoms with Crippen molar-refractivity contribution < 1.29 is 8.83 Å². The number of fused-ring (bicyclic) bond motifs is 13. The molecule has 1 radical (unpaired) electrons. The predicted molar refractivity (Wildman–Crippen MR) is 290 cm³/mol. The fourth-order valence-electron chi connectivity index (χ4n) is 11.7. The van der Waals surface area contributed by atoms with Gasteiger partial charge in [-0.05, 0) is 124 Å². The summed E-state index contributed by atoms with van der Waals surface area (Å²) in [5.41, 5.74) is 18.3. The van der Waals surface area contributed by atoms with Crippen LogP contribution in [0.4, 0.5) is 11.4 Å². The van der Waals surface area contributed by atoms with Gasteiger partial charge in [0.05, 0.1) is 11.2 Å². The molecule has 0 fully saturated rings. The zero-order chi connectivity index (χ0) is 46.0. The molecule has 1 aliphatic carbocycles. The monoisotopic (exact) mass is 897 g/mol. The molecule has 12 aromatic rings.